The fourth-order valence-electron chi connectivity index (χ4n) is 5.22. The van der Waals surface area contributed by atoms with Gasteiger partial charge in [0.1, 0.15) is 0 Å². The lowest BCUT2D eigenvalue weighted by Gasteiger charge is -2.41. The number of rotatable bonds is 4. The van der Waals surface area contributed by atoms with Gasteiger partial charge in [0.2, 0.25) is 5.91 Å². The summed E-state index contributed by atoms with van der Waals surface area (Å²) >= 11 is 0. The van der Waals surface area contributed by atoms with E-state index in [0.717, 1.165) is 51.2 Å². The summed E-state index contributed by atoms with van der Waals surface area (Å²) in [6.07, 6.45) is 10.7. The average Bonchev–Trinajstić information content (AvgIpc) is 3.13. The van der Waals surface area contributed by atoms with Crippen LogP contribution < -0.4 is 10.6 Å². The Bertz CT molecular complexity index is 517. The van der Waals surface area contributed by atoms with Gasteiger partial charge in [0.15, 0.2) is 0 Å². The van der Waals surface area contributed by atoms with E-state index in [1.165, 1.54) is 19.3 Å². The highest BCUT2D eigenvalue weighted by Crippen LogP contribution is 2.37. The van der Waals surface area contributed by atoms with Crippen LogP contribution in [0.25, 0.3) is 0 Å². The molecule has 4 rings (SSSR count). The summed E-state index contributed by atoms with van der Waals surface area (Å²) in [6.45, 7) is 7.81. The van der Waals surface area contributed by atoms with Crippen molar-refractivity contribution in [2.45, 2.75) is 76.4 Å². The molecule has 3 atom stereocenters. The van der Waals surface area contributed by atoms with Crippen molar-refractivity contribution < 1.29 is 4.79 Å². The number of fused-ring (bicyclic) bond motifs is 1. The van der Waals surface area contributed by atoms with Crippen molar-refractivity contribution in [3.63, 3.8) is 0 Å². The summed E-state index contributed by atoms with van der Waals surface area (Å²) in [5.74, 6) is 1.31. The highest BCUT2D eigenvalue weighted by atomic mass is 16.2. The number of hydrogen-bond acceptors (Lipinski definition) is 3. The highest BCUT2D eigenvalue weighted by molar-refractivity contribution is 5.79. The molecule has 2 saturated heterocycles. The summed E-state index contributed by atoms with van der Waals surface area (Å²) in [5.41, 5.74) is 1.77. The number of hydrogen-bond donors (Lipinski definition) is 2. The van der Waals surface area contributed by atoms with E-state index < -0.39 is 0 Å². The molecule has 2 aliphatic carbocycles. The standard InChI is InChI=1S/C20H33N3O/c1-3-18-17-12-16(11-15(17)13-21-18)23-9-5-14(6-10-23)19(24)22-20(2)7-4-8-20/h12,14-16,18,21H,3-11,13H2,1-2H3,(H,22,24). The normalized spacial score (nSPS) is 36.1. The van der Waals surface area contributed by atoms with Crippen LogP contribution in [0.4, 0.5) is 0 Å². The van der Waals surface area contributed by atoms with Crippen molar-refractivity contribution in [3.8, 4) is 0 Å². The monoisotopic (exact) mass is 331 g/mol. The van der Waals surface area contributed by atoms with Crippen molar-refractivity contribution in [1.82, 2.24) is 15.5 Å². The number of carbonyl (C=O) groups is 1. The SMILES string of the molecule is CCC1NCC2CC(N3CCC(C(=O)NC4(C)CCC4)CC3)C=C21. The Morgan fingerprint density at radius 3 is 2.75 bits per heavy atom. The first-order chi connectivity index (χ1) is 11.6. The van der Waals surface area contributed by atoms with E-state index in [2.05, 4.69) is 35.5 Å². The van der Waals surface area contributed by atoms with Crippen LogP contribution in [0, 0.1) is 11.8 Å². The zero-order chi connectivity index (χ0) is 16.7. The molecule has 0 aromatic heterocycles. The molecule has 24 heavy (non-hydrogen) atoms. The zero-order valence-electron chi connectivity index (χ0n) is 15.3. The van der Waals surface area contributed by atoms with Gasteiger partial charge < -0.3 is 10.6 Å². The zero-order valence-corrected chi connectivity index (χ0v) is 15.3. The van der Waals surface area contributed by atoms with Crippen molar-refractivity contribution in [2.24, 2.45) is 11.8 Å². The number of nitrogens with zero attached hydrogens (tertiary/aromatic N) is 1. The smallest absolute Gasteiger partial charge is 0.223 e. The van der Waals surface area contributed by atoms with Crippen LogP contribution in [-0.2, 0) is 4.79 Å². The summed E-state index contributed by atoms with van der Waals surface area (Å²) in [4.78, 5) is 15.2. The topological polar surface area (TPSA) is 44.4 Å². The van der Waals surface area contributed by atoms with Crippen molar-refractivity contribution in [3.05, 3.63) is 11.6 Å². The van der Waals surface area contributed by atoms with E-state index in [1.54, 1.807) is 5.57 Å². The molecule has 4 heteroatoms. The molecule has 0 aromatic carbocycles. The lowest BCUT2D eigenvalue weighted by Crippen LogP contribution is -2.54. The lowest BCUT2D eigenvalue weighted by molar-refractivity contribution is -0.129. The molecule has 2 aliphatic heterocycles. The molecule has 1 saturated carbocycles. The van der Waals surface area contributed by atoms with Gasteiger partial charge in [-0.25, -0.2) is 0 Å². The first-order valence-corrected chi connectivity index (χ1v) is 10.1. The number of carbonyl (C=O) groups excluding carboxylic acids is 1. The molecule has 4 nitrogen and oxygen atoms in total. The first-order valence-electron chi connectivity index (χ1n) is 10.1. The second kappa shape index (κ2) is 6.45. The number of amides is 1. The van der Waals surface area contributed by atoms with Gasteiger partial charge in [0, 0.05) is 30.1 Å². The molecule has 0 spiro atoms. The molecule has 2 heterocycles. The minimum absolute atomic E-state index is 0.101. The Hall–Kier alpha value is -0.870. The van der Waals surface area contributed by atoms with E-state index in [-0.39, 0.29) is 11.5 Å². The molecule has 3 fully saturated rings. The summed E-state index contributed by atoms with van der Waals surface area (Å²) in [7, 11) is 0. The largest absolute Gasteiger partial charge is 0.351 e. The quantitative estimate of drug-likeness (QED) is 0.778. The van der Waals surface area contributed by atoms with E-state index in [0.29, 0.717) is 18.0 Å². The second-order valence-corrected chi connectivity index (χ2v) is 8.75. The van der Waals surface area contributed by atoms with E-state index in [4.69, 9.17) is 0 Å². The van der Waals surface area contributed by atoms with Gasteiger partial charge in [-0.15, -0.1) is 0 Å². The minimum Gasteiger partial charge on any atom is -0.351 e. The van der Waals surface area contributed by atoms with Crippen molar-refractivity contribution in [1.29, 1.82) is 0 Å². The van der Waals surface area contributed by atoms with Crippen LogP contribution in [0.5, 0.6) is 0 Å². The maximum Gasteiger partial charge on any atom is 0.223 e. The summed E-state index contributed by atoms with van der Waals surface area (Å²) < 4.78 is 0. The van der Waals surface area contributed by atoms with Gasteiger partial charge in [-0.3, -0.25) is 9.69 Å². The third kappa shape index (κ3) is 3.03. The Kier molecular flexibility index (Phi) is 4.46. The fourth-order valence-corrected chi connectivity index (χ4v) is 5.22. The van der Waals surface area contributed by atoms with Crippen LogP contribution in [0.1, 0.15) is 58.8 Å². The minimum atomic E-state index is 0.101. The fraction of sp³-hybridized carbons (Fsp3) is 0.850. The van der Waals surface area contributed by atoms with Gasteiger partial charge in [-0.1, -0.05) is 18.6 Å². The van der Waals surface area contributed by atoms with E-state index >= 15 is 0 Å². The number of likely N-dealkylation sites (tertiary alicyclic amines) is 1. The maximum absolute atomic E-state index is 12.5. The molecule has 2 N–H and O–H groups in total. The van der Waals surface area contributed by atoms with E-state index in [9.17, 15) is 4.79 Å². The lowest BCUT2D eigenvalue weighted by atomic mass is 9.78. The molecule has 134 valence electrons. The van der Waals surface area contributed by atoms with Gasteiger partial charge in [-0.05, 0) is 70.9 Å². The Morgan fingerprint density at radius 1 is 1.38 bits per heavy atom. The highest BCUT2D eigenvalue weighted by Gasteiger charge is 2.39. The van der Waals surface area contributed by atoms with Crippen LogP contribution in [-0.4, -0.2) is 48.1 Å². The van der Waals surface area contributed by atoms with Gasteiger partial charge in [0.25, 0.3) is 0 Å². The van der Waals surface area contributed by atoms with Crippen molar-refractivity contribution in [2.75, 3.05) is 19.6 Å². The van der Waals surface area contributed by atoms with Gasteiger partial charge in [0.05, 0.1) is 0 Å². The molecule has 4 aliphatic rings. The van der Waals surface area contributed by atoms with Gasteiger partial charge >= 0.3 is 0 Å². The van der Waals surface area contributed by atoms with Crippen LogP contribution >= 0.6 is 0 Å². The molecule has 1 amide bonds. The van der Waals surface area contributed by atoms with Crippen LogP contribution in [0.2, 0.25) is 0 Å². The third-order valence-corrected chi connectivity index (χ3v) is 7.05. The number of piperidine rings is 1. The Balaban J connectivity index is 1.29. The van der Waals surface area contributed by atoms with Gasteiger partial charge in [-0.2, -0.15) is 0 Å². The van der Waals surface area contributed by atoms with Crippen LogP contribution in [0.3, 0.4) is 0 Å². The Labute approximate surface area is 146 Å². The first kappa shape index (κ1) is 16.6. The molecule has 0 radical (unpaired) electrons. The maximum atomic E-state index is 12.5. The molecule has 0 aromatic rings. The number of nitrogens with one attached hydrogen (secondary N) is 2. The molecular formula is C20H33N3O. The molecule has 3 unspecified atom stereocenters. The second-order valence-electron chi connectivity index (χ2n) is 8.75. The summed E-state index contributed by atoms with van der Waals surface area (Å²) in [6, 6.07) is 1.24. The van der Waals surface area contributed by atoms with Crippen molar-refractivity contribution >= 4 is 5.91 Å². The predicted octanol–water partition coefficient (Wildman–Crippen LogP) is 2.45. The van der Waals surface area contributed by atoms with E-state index in [1.807, 2.05) is 0 Å². The third-order valence-electron chi connectivity index (χ3n) is 7.05. The summed E-state index contributed by atoms with van der Waals surface area (Å²) in [5, 5.41) is 6.96. The molecular weight excluding hydrogens is 298 g/mol. The van der Waals surface area contributed by atoms with Crippen LogP contribution in [0.15, 0.2) is 11.6 Å². The molecule has 0 bridgehead atoms. The predicted molar refractivity (Wildman–Crippen MR) is 96.8 cm³/mol. The average molecular weight is 332 g/mol. The Morgan fingerprint density at radius 2 is 2.12 bits per heavy atom.